The fourth-order valence-corrected chi connectivity index (χ4v) is 2.44. The molecule has 0 heterocycles. The molecule has 1 atom stereocenters. The number of hydrogen-bond donors (Lipinski definition) is 1. The predicted molar refractivity (Wildman–Crippen MR) is 80.8 cm³/mol. The lowest BCUT2D eigenvalue weighted by atomic mass is 9.98. The van der Waals surface area contributed by atoms with Crippen molar-refractivity contribution >= 4 is 15.9 Å². The van der Waals surface area contributed by atoms with Crippen molar-refractivity contribution in [3.05, 3.63) is 69.4 Å². The predicted octanol–water partition coefficient (Wildman–Crippen LogP) is 4.40. The van der Waals surface area contributed by atoms with Gasteiger partial charge >= 0.3 is 0 Å². The molecule has 0 amide bonds. The van der Waals surface area contributed by atoms with Gasteiger partial charge in [0.2, 0.25) is 0 Å². The first-order chi connectivity index (χ1) is 9.10. The molecular formula is C16H17BrFN. The first kappa shape index (κ1) is 14.2. The number of benzene rings is 2. The Labute approximate surface area is 122 Å². The number of likely N-dealkylation sites (N-methyl/N-ethyl adjacent to an activating group) is 1. The zero-order valence-electron chi connectivity index (χ0n) is 11.1. The van der Waals surface area contributed by atoms with Gasteiger partial charge in [-0.1, -0.05) is 35.9 Å². The van der Waals surface area contributed by atoms with Gasteiger partial charge in [-0.05, 0) is 59.6 Å². The number of rotatable bonds is 4. The van der Waals surface area contributed by atoms with Gasteiger partial charge in [-0.3, -0.25) is 0 Å². The summed E-state index contributed by atoms with van der Waals surface area (Å²) >= 11 is 3.18. The topological polar surface area (TPSA) is 12.0 Å². The van der Waals surface area contributed by atoms with Crippen molar-refractivity contribution < 1.29 is 4.39 Å². The van der Waals surface area contributed by atoms with Crippen LogP contribution in [0.4, 0.5) is 4.39 Å². The molecule has 100 valence electrons. The Balaban J connectivity index is 2.22. The summed E-state index contributed by atoms with van der Waals surface area (Å²) in [6, 6.07) is 13.8. The Kier molecular flexibility index (Phi) is 4.72. The highest BCUT2D eigenvalue weighted by Gasteiger charge is 2.12. The summed E-state index contributed by atoms with van der Waals surface area (Å²) in [5.74, 6) is -0.220. The SMILES string of the molecule is CNC(Cc1cccc(C)c1)c1ccc(Br)c(F)c1. The molecule has 2 rings (SSSR count). The van der Waals surface area contributed by atoms with Crippen LogP contribution in [0, 0.1) is 12.7 Å². The van der Waals surface area contributed by atoms with Crippen LogP contribution in [0.5, 0.6) is 0 Å². The fraction of sp³-hybridized carbons (Fsp3) is 0.250. The van der Waals surface area contributed by atoms with E-state index in [1.807, 2.05) is 13.1 Å². The Morgan fingerprint density at radius 2 is 2.00 bits per heavy atom. The molecule has 3 heteroatoms. The molecule has 0 saturated heterocycles. The van der Waals surface area contributed by atoms with E-state index in [9.17, 15) is 4.39 Å². The Bertz CT molecular complexity index is 568. The third-order valence-electron chi connectivity index (χ3n) is 3.22. The largest absolute Gasteiger partial charge is 0.313 e. The molecule has 1 N–H and O–H groups in total. The van der Waals surface area contributed by atoms with E-state index in [4.69, 9.17) is 0 Å². The van der Waals surface area contributed by atoms with Crippen LogP contribution in [0.1, 0.15) is 22.7 Å². The zero-order valence-corrected chi connectivity index (χ0v) is 12.7. The standard InChI is InChI=1S/C16H17BrFN/c1-11-4-3-5-12(8-11)9-16(19-2)13-6-7-14(17)15(18)10-13/h3-8,10,16,19H,9H2,1-2H3. The minimum Gasteiger partial charge on any atom is -0.313 e. The minimum absolute atomic E-state index is 0.115. The number of aryl methyl sites for hydroxylation is 1. The van der Waals surface area contributed by atoms with Crippen molar-refractivity contribution in [3.8, 4) is 0 Å². The zero-order chi connectivity index (χ0) is 13.8. The molecule has 19 heavy (non-hydrogen) atoms. The lowest BCUT2D eigenvalue weighted by Crippen LogP contribution is -2.19. The molecule has 1 nitrogen and oxygen atoms in total. The van der Waals surface area contributed by atoms with E-state index in [0.29, 0.717) is 4.47 Å². The van der Waals surface area contributed by atoms with Crippen LogP contribution in [0.15, 0.2) is 46.9 Å². The second-order valence-electron chi connectivity index (χ2n) is 4.71. The van der Waals surface area contributed by atoms with Crippen molar-refractivity contribution in [2.24, 2.45) is 0 Å². The maximum atomic E-state index is 13.6. The molecule has 0 aliphatic carbocycles. The van der Waals surface area contributed by atoms with Crippen LogP contribution in [0.2, 0.25) is 0 Å². The Hall–Kier alpha value is -1.19. The molecule has 0 aliphatic rings. The van der Waals surface area contributed by atoms with Gasteiger partial charge in [0.1, 0.15) is 5.82 Å². The summed E-state index contributed by atoms with van der Waals surface area (Å²) in [7, 11) is 1.90. The lowest BCUT2D eigenvalue weighted by molar-refractivity contribution is 0.575. The summed E-state index contributed by atoms with van der Waals surface area (Å²) in [6.07, 6.45) is 0.846. The van der Waals surface area contributed by atoms with Crippen molar-refractivity contribution in [2.45, 2.75) is 19.4 Å². The molecule has 0 saturated carbocycles. The van der Waals surface area contributed by atoms with E-state index in [1.54, 1.807) is 12.1 Å². The summed E-state index contributed by atoms with van der Waals surface area (Å²) < 4.78 is 14.1. The van der Waals surface area contributed by atoms with Crippen LogP contribution in [-0.4, -0.2) is 7.05 Å². The van der Waals surface area contributed by atoms with Crippen molar-refractivity contribution in [1.82, 2.24) is 5.32 Å². The molecule has 0 spiro atoms. The molecule has 1 unspecified atom stereocenters. The summed E-state index contributed by atoms with van der Waals surface area (Å²) in [6.45, 7) is 2.08. The average Bonchev–Trinajstić information content (AvgIpc) is 2.39. The van der Waals surface area contributed by atoms with E-state index >= 15 is 0 Å². The smallest absolute Gasteiger partial charge is 0.137 e. The summed E-state index contributed by atoms with van der Waals surface area (Å²) in [4.78, 5) is 0. The van der Waals surface area contributed by atoms with E-state index < -0.39 is 0 Å². The van der Waals surface area contributed by atoms with E-state index in [1.165, 1.54) is 11.1 Å². The lowest BCUT2D eigenvalue weighted by Gasteiger charge is -2.17. The van der Waals surface area contributed by atoms with Gasteiger partial charge < -0.3 is 5.32 Å². The monoisotopic (exact) mass is 321 g/mol. The van der Waals surface area contributed by atoms with Gasteiger partial charge in [0, 0.05) is 6.04 Å². The maximum absolute atomic E-state index is 13.6. The maximum Gasteiger partial charge on any atom is 0.137 e. The van der Waals surface area contributed by atoms with Crippen LogP contribution in [0.25, 0.3) is 0 Å². The molecule has 0 fully saturated rings. The minimum atomic E-state index is -0.220. The Morgan fingerprint density at radius 3 is 2.63 bits per heavy atom. The molecule has 0 aliphatic heterocycles. The Morgan fingerprint density at radius 1 is 1.21 bits per heavy atom. The third kappa shape index (κ3) is 3.64. The molecular weight excluding hydrogens is 305 g/mol. The molecule has 2 aromatic carbocycles. The highest BCUT2D eigenvalue weighted by Crippen LogP contribution is 2.23. The molecule has 0 bridgehead atoms. The van der Waals surface area contributed by atoms with Gasteiger partial charge in [-0.15, -0.1) is 0 Å². The van der Waals surface area contributed by atoms with E-state index in [-0.39, 0.29) is 11.9 Å². The fourth-order valence-electron chi connectivity index (χ4n) is 2.19. The molecule has 2 aromatic rings. The second kappa shape index (κ2) is 6.31. The van der Waals surface area contributed by atoms with Gasteiger partial charge in [0.15, 0.2) is 0 Å². The van der Waals surface area contributed by atoms with Crippen molar-refractivity contribution in [3.63, 3.8) is 0 Å². The summed E-state index contributed by atoms with van der Waals surface area (Å²) in [5, 5.41) is 3.25. The third-order valence-corrected chi connectivity index (χ3v) is 3.86. The first-order valence-corrected chi connectivity index (χ1v) is 7.07. The van der Waals surface area contributed by atoms with Crippen molar-refractivity contribution in [1.29, 1.82) is 0 Å². The van der Waals surface area contributed by atoms with Crippen molar-refractivity contribution in [2.75, 3.05) is 7.05 Å². The van der Waals surface area contributed by atoms with Gasteiger partial charge in [0.25, 0.3) is 0 Å². The van der Waals surface area contributed by atoms with Gasteiger partial charge in [-0.25, -0.2) is 4.39 Å². The first-order valence-electron chi connectivity index (χ1n) is 6.28. The highest BCUT2D eigenvalue weighted by molar-refractivity contribution is 9.10. The average molecular weight is 322 g/mol. The number of hydrogen-bond acceptors (Lipinski definition) is 1. The van der Waals surface area contributed by atoms with Crippen LogP contribution in [0.3, 0.4) is 0 Å². The van der Waals surface area contributed by atoms with E-state index in [0.717, 1.165) is 12.0 Å². The molecule has 0 aromatic heterocycles. The quantitative estimate of drug-likeness (QED) is 0.880. The van der Waals surface area contributed by atoms with Gasteiger partial charge in [-0.2, -0.15) is 0 Å². The second-order valence-corrected chi connectivity index (χ2v) is 5.56. The normalized spacial score (nSPS) is 12.4. The van der Waals surface area contributed by atoms with Crippen LogP contribution < -0.4 is 5.32 Å². The number of halogens is 2. The highest BCUT2D eigenvalue weighted by atomic mass is 79.9. The van der Waals surface area contributed by atoms with Gasteiger partial charge in [0.05, 0.1) is 4.47 Å². The van der Waals surface area contributed by atoms with E-state index in [2.05, 4.69) is 52.4 Å². The number of nitrogens with one attached hydrogen (secondary N) is 1. The summed E-state index contributed by atoms with van der Waals surface area (Å²) in [5.41, 5.74) is 3.46. The molecule has 0 radical (unpaired) electrons. The van der Waals surface area contributed by atoms with Crippen LogP contribution >= 0.6 is 15.9 Å². The van der Waals surface area contributed by atoms with Crippen LogP contribution in [-0.2, 0) is 6.42 Å².